The van der Waals surface area contributed by atoms with Crippen LogP contribution in [0.1, 0.15) is 70.6 Å². The molecule has 0 unspecified atom stereocenters. The smallest absolute Gasteiger partial charge is 0.272 e. The van der Waals surface area contributed by atoms with Crippen LogP contribution in [0.25, 0.3) is 11.1 Å². The molecule has 2 fully saturated rings. The first kappa shape index (κ1) is 32.0. The Morgan fingerprint density at radius 1 is 0.875 bits per heavy atom. The molecule has 2 amide bonds. The van der Waals surface area contributed by atoms with Crippen LogP contribution in [0.4, 0.5) is 4.39 Å². The van der Waals surface area contributed by atoms with Crippen molar-refractivity contribution in [2.75, 3.05) is 26.2 Å². The first-order valence-electron chi connectivity index (χ1n) is 17.1. The topological polar surface area (TPSA) is 113 Å². The minimum Gasteiger partial charge on any atom is -0.438 e. The molecule has 10 nitrogen and oxygen atoms in total. The number of rotatable bonds is 9. The van der Waals surface area contributed by atoms with Gasteiger partial charge in [0.2, 0.25) is 5.88 Å². The molecule has 0 atom stereocenters. The Morgan fingerprint density at radius 2 is 1.62 bits per heavy atom. The van der Waals surface area contributed by atoms with Crippen LogP contribution in [0, 0.1) is 5.82 Å². The summed E-state index contributed by atoms with van der Waals surface area (Å²) in [5.74, 6) is -0.663. The summed E-state index contributed by atoms with van der Waals surface area (Å²) in [5, 5.41) is 14.0. The lowest BCUT2D eigenvalue weighted by Crippen LogP contribution is -2.44. The summed E-state index contributed by atoms with van der Waals surface area (Å²) in [6.45, 7) is 5.93. The van der Waals surface area contributed by atoms with Crippen molar-refractivity contribution in [3.8, 4) is 22.8 Å². The van der Waals surface area contributed by atoms with Gasteiger partial charge in [-0.2, -0.15) is 5.10 Å². The number of carbonyl (C=O) groups excluding carboxylic acids is 2. The number of fused-ring (bicyclic) bond motifs is 1. The van der Waals surface area contributed by atoms with Gasteiger partial charge in [-0.25, -0.2) is 9.37 Å². The molecule has 3 aliphatic rings. The van der Waals surface area contributed by atoms with Gasteiger partial charge in [0.25, 0.3) is 11.8 Å². The lowest BCUT2D eigenvalue weighted by Gasteiger charge is -2.29. The number of piperazine rings is 1. The van der Waals surface area contributed by atoms with Crippen LogP contribution in [0.3, 0.4) is 0 Å². The average molecular weight is 652 g/mol. The van der Waals surface area contributed by atoms with Gasteiger partial charge in [-0.05, 0) is 85.9 Å². The SMILES string of the molecule is O=C(NC1CCC(NC(=O)c2cc(F)cnc2Oc2cccc(-c3ccc(CN4CCNCC4)cc3)c2)CC1)c1cc2n(n1)CCCC2. The number of aromatic nitrogens is 3. The maximum atomic E-state index is 14.3. The van der Waals surface area contributed by atoms with Gasteiger partial charge in [0.1, 0.15) is 22.8 Å². The van der Waals surface area contributed by atoms with Crippen molar-refractivity contribution < 1.29 is 18.7 Å². The fourth-order valence-electron chi connectivity index (χ4n) is 6.89. The standard InChI is InChI=1S/C37H42FN7O3/c38-28-21-33(35(46)41-29-11-13-30(14-12-29)42-36(47)34-22-31-5-1-2-17-45(31)43-34)37(40-23-28)48-32-6-3-4-27(20-32)26-9-7-25(8-10-26)24-44-18-15-39-16-19-44/h3-4,6-10,20-23,29-30,39H,1-2,5,11-19,24H2,(H,41,46)(H,42,47). The van der Waals surface area contributed by atoms with Gasteiger partial charge in [-0.15, -0.1) is 0 Å². The third-order valence-electron chi connectivity index (χ3n) is 9.56. The Labute approximate surface area is 280 Å². The van der Waals surface area contributed by atoms with Crippen LogP contribution in [0.2, 0.25) is 0 Å². The van der Waals surface area contributed by atoms with E-state index in [9.17, 15) is 14.0 Å². The molecule has 0 bridgehead atoms. The van der Waals surface area contributed by atoms with Gasteiger partial charge in [0.05, 0.1) is 6.20 Å². The number of halogens is 1. The van der Waals surface area contributed by atoms with E-state index in [-0.39, 0.29) is 29.4 Å². The highest BCUT2D eigenvalue weighted by molar-refractivity contribution is 5.96. The highest BCUT2D eigenvalue weighted by Gasteiger charge is 2.27. The molecule has 4 heterocycles. The van der Waals surface area contributed by atoms with Crippen LogP contribution >= 0.6 is 0 Å². The van der Waals surface area contributed by atoms with Crippen molar-refractivity contribution in [1.82, 2.24) is 35.6 Å². The molecule has 1 saturated heterocycles. The van der Waals surface area contributed by atoms with E-state index in [0.29, 0.717) is 24.3 Å². The van der Waals surface area contributed by atoms with Gasteiger partial charge >= 0.3 is 0 Å². The zero-order valence-corrected chi connectivity index (χ0v) is 27.1. The van der Waals surface area contributed by atoms with E-state index in [1.165, 1.54) is 5.56 Å². The number of pyridine rings is 1. The van der Waals surface area contributed by atoms with Crippen molar-refractivity contribution in [3.63, 3.8) is 0 Å². The molecule has 48 heavy (non-hydrogen) atoms. The van der Waals surface area contributed by atoms with E-state index >= 15 is 0 Å². The number of nitrogens with zero attached hydrogens (tertiary/aromatic N) is 4. The number of hydrogen-bond acceptors (Lipinski definition) is 7. The molecule has 1 saturated carbocycles. The molecule has 250 valence electrons. The second kappa shape index (κ2) is 14.7. The Balaban J connectivity index is 0.948. The molecule has 1 aliphatic carbocycles. The van der Waals surface area contributed by atoms with Crippen LogP contribution in [0.5, 0.6) is 11.6 Å². The minimum atomic E-state index is -0.616. The number of ether oxygens (including phenoxy) is 1. The third kappa shape index (κ3) is 7.74. The summed E-state index contributed by atoms with van der Waals surface area (Å²) in [7, 11) is 0. The Kier molecular flexibility index (Phi) is 9.76. The molecule has 0 radical (unpaired) electrons. The summed E-state index contributed by atoms with van der Waals surface area (Å²) in [6.07, 6.45) is 7.04. The van der Waals surface area contributed by atoms with Crippen LogP contribution in [0.15, 0.2) is 66.9 Å². The number of carbonyl (C=O) groups is 2. The van der Waals surface area contributed by atoms with Gasteiger partial charge < -0.3 is 20.7 Å². The third-order valence-corrected chi connectivity index (χ3v) is 9.56. The van der Waals surface area contributed by atoms with E-state index in [0.717, 1.165) is 100 Å². The highest BCUT2D eigenvalue weighted by atomic mass is 19.1. The largest absolute Gasteiger partial charge is 0.438 e. The summed E-state index contributed by atoms with van der Waals surface area (Å²) < 4.78 is 22.4. The fourth-order valence-corrected chi connectivity index (χ4v) is 6.89. The summed E-state index contributed by atoms with van der Waals surface area (Å²) in [4.78, 5) is 32.8. The van der Waals surface area contributed by atoms with Crippen molar-refractivity contribution in [3.05, 3.63) is 95.2 Å². The van der Waals surface area contributed by atoms with Crippen LogP contribution in [-0.2, 0) is 19.5 Å². The van der Waals surface area contributed by atoms with Crippen molar-refractivity contribution >= 4 is 11.8 Å². The van der Waals surface area contributed by atoms with E-state index in [1.54, 1.807) is 6.07 Å². The lowest BCUT2D eigenvalue weighted by atomic mass is 9.91. The molecule has 11 heteroatoms. The van der Waals surface area contributed by atoms with Gasteiger partial charge in [-0.3, -0.25) is 19.2 Å². The van der Waals surface area contributed by atoms with Gasteiger partial charge in [0, 0.05) is 57.0 Å². The average Bonchev–Trinajstić information content (AvgIpc) is 3.56. The summed E-state index contributed by atoms with van der Waals surface area (Å²) in [6, 6.07) is 19.1. The number of benzene rings is 2. The molecule has 0 spiro atoms. The molecule has 3 N–H and O–H groups in total. The monoisotopic (exact) mass is 651 g/mol. The molecule has 2 aromatic heterocycles. The summed E-state index contributed by atoms with van der Waals surface area (Å²) >= 11 is 0. The predicted molar refractivity (Wildman–Crippen MR) is 180 cm³/mol. The first-order valence-corrected chi connectivity index (χ1v) is 17.1. The number of nitrogens with one attached hydrogen (secondary N) is 3. The van der Waals surface area contributed by atoms with Crippen LogP contribution in [-0.4, -0.2) is 69.7 Å². The van der Waals surface area contributed by atoms with Crippen molar-refractivity contribution in [1.29, 1.82) is 0 Å². The zero-order chi connectivity index (χ0) is 32.9. The van der Waals surface area contributed by atoms with E-state index < -0.39 is 11.7 Å². The van der Waals surface area contributed by atoms with Gasteiger partial charge in [-0.1, -0.05) is 36.4 Å². The van der Waals surface area contributed by atoms with Crippen LogP contribution < -0.4 is 20.7 Å². The molecule has 2 aromatic carbocycles. The minimum absolute atomic E-state index is 0.00908. The van der Waals surface area contributed by atoms with E-state index in [4.69, 9.17) is 4.74 Å². The number of hydrogen-bond donors (Lipinski definition) is 3. The van der Waals surface area contributed by atoms with Gasteiger partial charge in [0.15, 0.2) is 0 Å². The second-order valence-corrected chi connectivity index (χ2v) is 13.1. The second-order valence-electron chi connectivity index (χ2n) is 13.1. The molecular formula is C37H42FN7O3. The summed E-state index contributed by atoms with van der Waals surface area (Å²) in [5.41, 5.74) is 4.91. The predicted octanol–water partition coefficient (Wildman–Crippen LogP) is 5.09. The molecular weight excluding hydrogens is 609 g/mol. The molecule has 4 aromatic rings. The normalized spacial score (nSPS) is 19.7. The lowest BCUT2D eigenvalue weighted by molar-refractivity contribution is 0.0887. The van der Waals surface area contributed by atoms with Crippen molar-refractivity contribution in [2.45, 2.75) is 70.1 Å². The Hall–Kier alpha value is -4.61. The maximum absolute atomic E-state index is 14.3. The van der Waals surface area contributed by atoms with Crippen molar-refractivity contribution in [2.24, 2.45) is 0 Å². The molecule has 2 aliphatic heterocycles. The quantitative estimate of drug-likeness (QED) is 0.231. The van der Waals surface area contributed by atoms with E-state index in [1.807, 2.05) is 28.9 Å². The maximum Gasteiger partial charge on any atom is 0.272 e. The molecule has 7 rings (SSSR count). The Bertz CT molecular complexity index is 1720. The first-order chi connectivity index (χ1) is 23.5. The fraction of sp³-hybridized carbons (Fsp3) is 0.405. The number of amides is 2. The zero-order valence-electron chi connectivity index (χ0n) is 27.1. The highest BCUT2D eigenvalue weighted by Crippen LogP contribution is 2.29. The number of aryl methyl sites for hydroxylation is 2. The van der Waals surface area contributed by atoms with E-state index in [2.05, 4.69) is 55.2 Å². The Morgan fingerprint density at radius 3 is 2.38 bits per heavy atom.